The van der Waals surface area contributed by atoms with Crippen molar-refractivity contribution >= 4 is 23.8 Å². The summed E-state index contributed by atoms with van der Waals surface area (Å²) >= 11 is 0. The molecule has 1 aromatic carbocycles. The maximum Gasteiger partial charge on any atom is 0.407 e. The molecule has 0 fully saturated rings. The minimum Gasteiger partial charge on any atom is -0.457 e. The second-order valence-corrected chi connectivity index (χ2v) is 7.22. The second kappa shape index (κ2) is 11.1. The standard InChI is InChI=1S/C20H28N2O6/c1-14(23)22-12-15-7-9-16(10-8-15)17(24)13-27-18(25)6-5-11-21-19(26)28-20(2,3)4/h7-10H,5-6,11-13H2,1-4H3,(H,21,26)(H,22,23). The number of benzene rings is 1. The Morgan fingerprint density at radius 2 is 1.64 bits per heavy atom. The van der Waals surface area contributed by atoms with Crippen LogP contribution >= 0.6 is 0 Å². The molecule has 0 heterocycles. The van der Waals surface area contributed by atoms with Gasteiger partial charge in [-0.05, 0) is 32.8 Å². The summed E-state index contributed by atoms with van der Waals surface area (Å²) in [6, 6.07) is 6.71. The van der Waals surface area contributed by atoms with Gasteiger partial charge in [-0.1, -0.05) is 24.3 Å². The van der Waals surface area contributed by atoms with E-state index in [9.17, 15) is 19.2 Å². The van der Waals surface area contributed by atoms with Gasteiger partial charge in [0.1, 0.15) is 5.60 Å². The summed E-state index contributed by atoms with van der Waals surface area (Å²) in [7, 11) is 0. The number of carbonyl (C=O) groups excluding carboxylic acids is 4. The van der Waals surface area contributed by atoms with Crippen molar-refractivity contribution in [3.8, 4) is 0 Å². The number of rotatable bonds is 9. The number of esters is 1. The van der Waals surface area contributed by atoms with E-state index in [1.54, 1.807) is 45.0 Å². The summed E-state index contributed by atoms with van der Waals surface area (Å²) in [4.78, 5) is 46.1. The van der Waals surface area contributed by atoms with Crippen LogP contribution in [0.15, 0.2) is 24.3 Å². The zero-order chi connectivity index (χ0) is 21.2. The van der Waals surface area contributed by atoms with E-state index in [1.165, 1.54) is 6.92 Å². The Kier molecular flexibility index (Phi) is 9.14. The first kappa shape index (κ1) is 23.1. The molecule has 154 valence electrons. The van der Waals surface area contributed by atoms with Gasteiger partial charge in [0.25, 0.3) is 0 Å². The fourth-order valence-electron chi connectivity index (χ4n) is 2.07. The number of amides is 2. The van der Waals surface area contributed by atoms with Crippen LogP contribution in [0.3, 0.4) is 0 Å². The van der Waals surface area contributed by atoms with Crippen LogP contribution in [0, 0.1) is 0 Å². The van der Waals surface area contributed by atoms with Crippen LogP contribution in [-0.2, 0) is 25.6 Å². The highest BCUT2D eigenvalue weighted by Crippen LogP contribution is 2.07. The number of Topliss-reactive ketones (excluding diaryl/α,β-unsaturated/α-hetero) is 1. The van der Waals surface area contributed by atoms with E-state index in [0.717, 1.165) is 5.56 Å². The quantitative estimate of drug-likeness (QED) is 0.379. The van der Waals surface area contributed by atoms with E-state index in [2.05, 4.69) is 10.6 Å². The molecular formula is C20H28N2O6. The van der Waals surface area contributed by atoms with Gasteiger partial charge in [0.15, 0.2) is 12.4 Å². The van der Waals surface area contributed by atoms with E-state index in [1.807, 2.05) is 0 Å². The molecule has 0 saturated carbocycles. The van der Waals surface area contributed by atoms with Gasteiger partial charge in [0.2, 0.25) is 5.91 Å². The largest absolute Gasteiger partial charge is 0.457 e. The number of carbonyl (C=O) groups is 4. The first-order valence-electron chi connectivity index (χ1n) is 9.06. The predicted molar refractivity (Wildman–Crippen MR) is 103 cm³/mol. The Bertz CT molecular complexity index is 692. The maximum absolute atomic E-state index is 12.1. The number of ketones is 1. The monoisotopic (exact) mass is 392 g/mol. The molecule has 0 atom stereocenters. The molecule has 2 amide bonds. The number of nitrogens with one attached hydrogen (secondary N) is 2. The Labute approximate surface area is 165 Å². The molecular weight excluding hydrogens is 364 g/mol. The Balaban J connectivity index is 2.26. The minimum absolute atomic E-state index is 0.0821. The van der Waals surface area contributed by atoms with Crippen molar-refractivity contribution in [1.29, 1.82) is 0 Å². The molecule has 2 N–H and O–H groups in total. The summed E-state index contributed by atoms with van der Waals surface area (Å²) in [5, 5.41) is 5.21. The summed E-state index contributed by atoms with van der Waals surface area (Å²) in [6.45, 7) is 7.03. The normalized spacial score (nSPS) is 10.7. The predicted octanol–water partition coefficient (Wildman–Crippen LogP) is 2.35. The average Bonchev–Trinajstić information content (AvgIpc) is 2.60. The number of alkyl carbamates (subject to hydrolysis) is 1. The number of ether oxygens (including phenoxy) is 2. The lowest BCUT2D eigenvalue weighted by molar-refractivity contribution is -0.142. The van der Waals surface area contributed by atoms with Crippen molar-refractivity contribution in [1.82, 2.24) is 10.6 Å². The molecule has 0 aliphatic carbocycles. The van der Waals surface area contributed by atoms with Crippen LogP contribution in [0.5, 0.6) is 0 Å². The summed E-state index contributed by atoms with van der Waals surface area (Å²) in [6.07, 6.45) is -0.0824. The smallest absolute Gasteiger partial charge is 0.407 e. The Hall–Kier alpha value is -2.90. The third-order valence-electron chi connectivity index (χ3n) is 3.41. The van der Waals surface area contributed by atoms with Crippen LogP contribution in [-0.4, -0.2) is 42.5 Å². The highest BCUT2D eigenvalue weighted by molar-refractivity contribution is 5.97. The van der Waals surface area contributed by atoms with E-state index in [0.29, 0.717) is 18.5 Å². The molecule has 0 bridgehead atoms. The first-order chi connectivity index (χ1) is 13.1. The zero-order valence-corrected chi connectivity index (χ0v) is 16.8. The van der Waals surface area contributed by atoms with Crippen LogP contribution < -0.4 is 10.6 Å². The van der Waals surface area contributed by atoms with Gasteiger partial charge in [0.05, 0.1) is 0 Å². The molecule has 0 aliphatic rings. The Morgan fingerprint density at radius 3 is 2.21 bits per heavy atom. The van der Waals surface area contributed by atoms with Crippen molar-refractivity contribution in [3.63, 3.8) is 0 Å². The van der Waals surface area contributed by atoms with Crippen molar-refractivity contribution in [2.24, 2.45) is 0 Å². The lowest BCUT2D eigenvalue weighted by atomic mass is 10.1. The van der Waals surface area contributed by atoms with Gasteiger partial charge in [-0.25, -0.2) is 4.79 Å². The molecule has 0 aromatic heterocycles. The fourth-order valence-corrected chi connectivity index (χ4v) is 2.07. The lowest BCUT2D eigenvalue weighted by Gasteiger charge is -2.19. The number of hydrogen-bond acceptors (Lipinski definition) is 6. The maximum atomic E-state index is 12.1. The molecule has 0 radical (unpaired) electrons. The van der Waals surface area contributed by atoms with Gasteiger partial charge >= 0.3 is 12.1 Å². The summed E-state index contributed by atoms with van der Waals surface area (Å²) in [5.41, 5.74) is 0.707. The van der Waals surface area contributed by atoms with Crippen LogP contribution in [0.25, 0.3) is 0 Å². The zero-order valence-electron chi connectivity index (χ0n) is 16.8. The second-order valence-electron chi connectivity index (χ2n) is 7.22. The van der Waals surface area contributed by atoms with Gasteiger partial charge in [-0.15, -0.1) is 0 Å². The van der Waals surface area contributed by atoms with Crippen molar-refractivity contribution in [2.75, 3.05) is 13.2 Å². The molecule has 8 heteroatoms. The molecule has 1 aromatic rings. The van der Waals surface area contributed by atoms with Crippen molar-refractivity contribution in [3.05, 3.63) is 35.4 Å². The first-order valence-corrected chi connectivity index (χ1v) is 9.06. The minimum atomic E-state index is -0.578. The summed E-state index contributed by atoms with van der Waals surface area (Å²) in [5.74, 6) is -0.957. The van der Waals surface area contributed by atoms with E-state index >= 15 is 0 Å². The van der Waals surface area contributed by atoms with Crippen LogP contribution in [0.2, 0.25) is 0 Å². The molecule has 8 nitrogen and oxygen atoms in total. The Morgan fingerprint density at radius 1 is 1.00 bits per heavy atom. The third kappa shape index (κ3) is 10.3. The molecule has 28 heavy (non-hydrogen) atoms. The van der Waals surface area contributed by atoms with Crippen LogP contribution in [0.4, 0.5) is 4.79 Å². The molecule has 0 spiro atoms. The molecule has 0 saturated heterocycles. The van der Waals surface area contributed by atoms with Crippen molar-refractivity contribution in [2.45, 2.75) is 52.7 Å². The fraction of sp³-hybridized carbons (Fsp3) is 0.500. The molecule has 0 aliphatic heterocycles. The van der Waals surface area contributed by atoms with E-state index < -0.39 is 17.7 Å². The topological polar surface area (TPSA) is 111 Å². The van der Waals surface area contributed by atoms with E-state index in [-0.39, 0.29) is 31.3 Å². The number of hydrogen-bond donors (Lipinski definition) is 2. The SMILES string of the molecule is CC(=O)NCc1ccc(C(=O)COC(=O)CCCNC(=O)OC(C)(C)C)cc1. The highest BCUT2D eigenvalue weighted by Gasteiger charge is 2.16. The molecule has 1 rings (SSSR count). The molecule has 0 unspecified atom stereocenters. The van der Waals surface area contributed by atoms with Gasteiger partial charge in [0, 0.05) is 32.0 Å². The average molecular weight is 392 g/mol. The van der Waals surface area contributed by atoms with E-state index in [4.69, 9.17) is 9.47 Å². The van der Waals surface area contributed by atoms with Crippen LogP contribution in [0.1, 0.15) is 56.5 Å². The lowest BCUT2D eigenvalue weighted by Crippen LogP contribution is -2.33. The van der Waals surface area contributed by atoms with Gasteiger partial charge in [-0.3, -0.25) is 14.4 Å². The highest BCUT2D eigenvalue weighted by atomic mass is 16.6. The third-order valence-corrected chi connectivity index (χ3v) is 3.41. The summed E-state index contributed by atoms with van der Waals surface area (Å²) < 4.78 is 10.0. The van der Waals surface area contributed by atoms with Crippen molar-refractivity contribution < 1.29 is 28.7 Å². The van der Waals surface area contributed by atoms with Gasteiger partial charge < -0.3 is 20.1 Å². The van der Waals surface area contributed by atoms with Gasteiger partial charge in [-0.2, -0.15) is 0 Å².